The largest absolute Gasteiger partial charge is 0.505 e. The Morgan fingerprint density at radius 3 is 2.29 bits per heavy atom. The molecule has 0 amide bonds. The number of benzene rings is 2. The lowest BCUT2D eigenvalue weighted by Gasteiger charge is -2.29. The highest BCUT2D eigenvalue weighted by molar-refractivity contribution is 7.92. The summed E-state index contributed by atoms with van der Waals surface area (Å²) in [4.78, 5) is 13.6. The number of ether oxygens (including phenoxy) is 1. The number of rotatable bonds is 11. The van der Waals surface area contributed by atoms with E-state index in [-0.39, 0.29) is 28.4 Å². The molecule has 1 aliphatic heterocycles. The SMILES string of the molecule is Cc1ccc(S(=O)(=O)Nc2c(O)c(C(c3ccccc3)C3CC3)c(C(CC3CC3)CC3CCCOC3)oc2=O)cc1. The predicted molar refractivity (Wildman–Crippen MR) is 158 cm³/mol. The van der Waals surface area contributed by atoms with Crippen molar-refractivity contribution >= 4 is 15.7 Å². The summed E-state index contributed by atoms with van der Waals surface area (Å²) in [5, 5.41) is 11.9. The first kappa shape index (κ1) is 28.0. The molecule has 3 atom stereocenters. The lowest BCUT2D eigenvalue weighted by molar-refractivity contribution is 0.0472. The van der Waals surface area contributed by atoms with Crippen molar-refractivity contribution in [2.45, 2.75) is 75.0 Å². The van der Waals surface area contributed by atoms with Crippen LogP contribution in [0.5, 0.6) is 5.75 Å². The standard InChI is InChI=1S/C33H39NO6S/c1-21-9-15-27(16-10-21)41(37,38)34-30-31(35)29(28(25-13-14-25)24-7-3-2-4-8-24)32(40-33(30)36)26(18-22-11-12-22)19-23-6-5-17-39-20-23/h2-4,7-10,15-16,22-23,25-26,28,34-35H,5-6,11-14,17-20H2,1H3. The van der Waals surface area contributed by atoms with Gasteiger partial charge >= 0.3 is 5.63 Å². The third-order valence-corrected chi connectivity index (χ3v) is 10.2. The fraction of sp³-hybridized carbons (Fsp3) is 0.485. The van der Waals surface area contributed by atoms with E-state index in [9.17, 15) is 18.3 Å². The monoisotopic (exact) mass is 577 g/mol. The Bertz CT molecular complexity index is 1520. The molecule has 2 N–H and O–H groups in total. The number of hydrogen-bond donors (Lipinski definition) is 2. The smallest absolute Gasteiger partial charge is 0.364 e. The van der Waals surface area contributed by atoms with E-state index in [1.165, 1.54) is 12.1 Å². The molecule has 6 rings (SSSR count). The molecule has 1 saturated heterocycles. The summed E-state index contributed by atoms with van der Waals surface area (Å²) in [6, 6.07) is 16.4. The number of aromatic hydroxyl groups is 1. The molecule has 41 heavy (non-hydrogen) atoms. The summed E-state index contributed by atoms with van der Waals surface area (Å²) in [5.41, 5.74) is 1.22. The van der Waals surface area contributed by atoms with Crippen LogP contribution in [-0.4, -0.2) is 26.7 Å². The first-order chi connectivity index (χ1) is 19.8. The molecule has 2 heterocycles. The Kier molecular flexibility index (Phi) is 7.97. The normalized spacial score (nSPS) is 20.9. The van der Waals surface area contributed by atoms with Gasteiger partial charge in [-0.2, -0.15) is 0 Å². The van der Waals surface area contributed by atoms with Gasteiger partial charge in [0, 0.05) is 30.6 Å². The van der Waals surface area contributed by atoms with Crippen molar-refractivity contribution in [3.63, 3.8) is 0 Å². The van der Waals surface area contributed by atoms with E-state index in [4.69, 9.17) is 9.15 Å². The third kappa shape index (κ3) is 6.38. The Hall–Kier alpha value is -3.10. The average Bonchev–Trinajstić information content (AvgIpc) is 3.90. The molecule has 0 spiro atoms. The van der Waals surface area contributed by atoms with Crippen molar-refractivity contribution in [1.82, 2.24) is 0 Å². The maximum absolute atomic E-state index is 13.5. The quantitative estimate of drug-likeness (QED) is 0.263. The van der Waals surface area contributed by atoms with Gasteiger partial charge < -0.3 is 14.3 Å². The summed E-state index contributed by atoms with van der Waals surface area (Å²) < 4.78 is 41.0. The fourth-order valence-corrected chi connectivity index (χ4v) is 7.45. The van der Waals surface area contributed by atoms with Crippen LogP contribution in [0.1, 0.15) is 85.7 Å². The topological polar surface area (TPSA) is 106 Å². The van der Waals surface area contributed by atoms with Crippen LogP contribution in [0.3, 0.4) is 0 Å². The van der Waals surface area contributed by atoms with Crippen molar-refractivity contribution < 1.29 is 22.7 Å². The molecule has 0 radical (unpaired) electrons. The molecule has 7 nitrogen and oxygen atoms in total. The van der Waals surface area contributed by atoms with E-state index >= 15 is 0 Å². The maximum atomic E-state index is 13.5. The number of nitrogens with one attached hydrogen (secondary N) is 1. The van der Waals surface area contributed by atoms with Crippen molar-refractivity contribution in [3.8, 4) is 5.75 Å². The Morgan fingerprint density at radius 2 is 1.66 bits per heavy atom. The van der Waals surface area contributed by atoms with Crippen molar-refractivity contribution in [3.05, 3.63) is 87.5 Å². The van der Waals surface area contributed by atoms with Gasteiger partial charge in [-0.05, 0) is 80.9 Å². The number of anilines is 1. The minimum Gasteiger partial charge on any atom is -0.505 e. The average molecular weight is 578 g/mol. The van der Waals surface area contributed by atoms with Gasteiger partial charge in [-0.1, -0.05) is 60.9 Å². The van der Waals surface area contributed by atoms with E-state index in [1.54, 1.807) is 12.1 Å². The van der Waals surface area contributed by atoms with Crippen LogP contribution in [-0.2, 0) is 14.8 Å². The summed E-state index contributed by atoms with van der Waals surface area (Å²) in [5.74, 6) is 1.13. The Morgan fingerprint density at radius 1 is 0.951 bits per heavy atom. The van der Waals surface area contributed by atoms with Crippen LogP contribution in [0.4, 0.5) is 5.69 Å². The zero-order valence-electron chi connectivity index (χ0n) is 23.6. The van der Waals surface area contributed by atoms with Crippen LogP contribution in [0.2, 0.25) is 0 Å². The molecule has 2 aliphatic carbocycles. The molecule has 3 aliphatic rings. The van der Waals surface area contributed by atoms with Gasteiger partial charge in [0.05, 0.1) is 4.90 Å². The number of sulfonamides is 1. The summed E-state index contributed by atoms with van der Waals surface area (Å²) in [6.45, 7) is 3.33. The zero-order chi connectivity index (χ0) is 28.6. The van der Waals surface area contributed by atoms with Crippen LogP contribution >= 0.6 is 0 Å². The second-order valence-electron chi connectivity index (χ2n) is 12.2. The summed E-state index contributed by atoms with van der Waals surface area (Å²) in [7, 11) is -4.14. The van der Waals surface area contributed by atoms with E-state index in [0.717, 1.165) is 69.1 Å². The van der Waals surface area contributed by atoms with Gasteiger partial charge in [0.2, 0.25) is 0 Å². The van der Waals surface area contributed by atoms with Gasteiger partial charge in [0.15, 0.2) is 11.4 Å². The molecule has 3 unspecified atom stereocenters. The third-order valence-electron chi connectivity index (χ3n) is 8.85. The van der Waals surface area contributed by atoms with Gasteiger partial charge in [-0.3, -0.25) is 4.72 Å². The molecule has 3 aromatic rings. The van der Waals surface area contributed by atoms with E-state index in [1.807, 2.05) is 37.3 Å². The van der Waals surface area contributed by atoms with Gasteiger partial charge in [-0.15, -0.1) is 0 Å². The number of aryl methyl sites for hydroxylation is 1. The molecule has 218 valence electrons. The highest BCUT2D eigenvalue weighted by Gasteiger charge is 2.41. The summed E-state index contributed by atoms with van der Waals surface area (Å²) >= 11 is 0. The maximum Gasteiger partial charge on any atom is 0.364 e. The fourth-order valence-electron chi connectivity index (χ4n) is 6.38. The van der Waals surface area contributed by atoms with E-state index in [2.05, 4.69) is 4.72 Å². The van der Waals surface area contributed by atoms with Crippen LogP contribution in [0.25, 0.3) is 0 Å². The molecule has 2 aromatic carbocycles. The summed E-state index contributed by atoms with van der Waals surface area (Å²) in [6.07, 6.45) is 8.06. The minimum absolute atomic E-state index is 0.0123. The second-order valence-corrected chi connectivity index (χ2v) is 13.9. The van der Waals surface area contributed by atoms with Crippen molar-refractivity contribution in [1.29, 1.82) is 0 Å². The Labute approximate surface area is 242 Å². The lowest BCUT2D eigenvalue weighted by atomic mass is 9.79. The van der Waals surface area contributed by atoms with E-state index in [0.29, 0.717) is 29.8 Å². The molecule has 8 heteroatoms. The van der Waals surface area contributed by atoms with Crippen molar-refractivity contribution in [2.24, 2.45) is 17.8 Å². The highest BCUT2D eigenvalue weighted by atomic mass is 32.2. The van der Waals surface area contributed by atoms with Crippen molar-refractivity contribution in [2.75, 3.05) is 17.9 Å². The molecule has 1 aromatic heterocycles. The van der Waals surface area contributed by atoms with Gasteiger partial charge in [0.1, 0.15) is 5.76 Å². The first-order valence-electron chi connectivity index (χ1n) is 14.9. The van der Waals surface area contributed by atoms with Crippen LogP contribution < -0.4 is 10.3 Å². The van der Waals surface area contributed by atoms with E-state index < -0.39 is 21.3 Å². The predicted octanol–water partition coefficient (Wildman–Crippen LogP) is 6.70. The molecular weight excluding hydrogens is 538 g/mol. The highest BCUT2D eigenvalue weighted by Crippen LogP contribution is 2.53. The number of hydrogen-bond acceptors (Lipinski definition) is 6. The first-order valence-corrected chi connectivity index (χ1v) is 16.4. The molecule has 2 saturated carbocycles. The minimum atomic E-state index is -4.14. The van der Waals surface area contributed by atoms with Gasteiger partial charge in [-0.25, -0.2) is 13.2 Å². The molecule has 0 bridgehead atoms. The van der Waals surface area contributed by atoms with Crippen LogP contribution in [0.15, 0.2) is 68.7 Å². The molecular formula is C33H39NO6S. The Balaban J connectivity index is 1.48. The van der Waals surface area contributed by atoms with Gasteiger partial charge in [0.25, 0.3) is 10.0 Å². The lowest BCUT2D eigenvalue weighted by Crippen LogP contribution is -2.24. The van der Waals surface area contributed by atoms with Crippen LogP contribution in [0, 0.1) is 24.7 Å². The molecule has 3 fully saturated rings. The zero-order valence-corrected chi connectivity index (χ0v) is 24.4. The second kappa shape index (κ2) is 11.6.